The Balaban J connectivity index is 1.48. The van der Waals surface area contributed by atoms with E-state index in [9.17, 15) is 4.79 Å². The third kappa shape index (κ3) is 2.73. The van der Waals surface area contributed by atoms with Gasteiger partial charge in [-0.1, -0.05) is 0 Å². The molecule has 2 aliphatic heterocycles. The van der Waals surface area contributed by atoms with Crippen LogP contribution < -0.4 is 14.4 Å². The minimum Gasteiger partial charge on any atom is -0.481 e. The summed E-state index contributed by atoms with van der Waals surface area (Å²) in [6.45, 7) is 1.62. The predicted molar refractivity (Wildman–Crippen MR) is 86.2 cm³/mol. The standard InChI is InChI=1S/C17H17N3O4/c21-17(22)11-5-7-20(8-6-11)16-4-2-13(18-19-16)12-1-3-14-15(9-12)24-10-23-14/h1-4,9,11H,5-8,10H2,(H,21,22). The van der Waals surface area contributed by atoms with E-state index in [1.165, 1.54) is 0 Å². The molecule has 0 unspecified atom stereocenters. The Hall–Kier alpha value is -2.83. The third-order valence-corrected chi connectivity index (χ3v) is 4.49. The molecule has 7 heteroatoms. The first-order valence-electron chi connectivity index (χ1n) is 7.92. The van der Waals surface area contributed by atoms with Crippen molar-refractivity contribution < 1.29 is 19.4 Å². The van der Waals surface area contributed by atoms with E-state index in [1.807, 2.05) is 30.3 Å². The van der Waals surface area contributed by atoms with E-state index in [1.54, 1.807) is 0 Å². The average molecular weight is 327 g/mol. The van der Waals surface area contributed by atoms with Crippen molar-refractivity contribution in [1.82, 2.24) is 10.2 Å². The van der Waals surface area contributed by atoms with Crippen molar-refractivity contribution in [3.63, 3.8) is 0 Å². The van der Waals surface area contributed by atoms with Crippen LogP contribution in [0.4, 0.5) is 5.82 Å². The van der Waals surface area contributed by atoms with E-state index < -0.39 is 5.97 Å². The number of benzene rings is 1. The van der Waals surface area contributed by atoms with E-state index in [2.05, 4.69) is 15.1 Å². The molecule has 7 nitrogen and oxygen atoms in total. The molecule has 1 aromatic heterocycles. The number of carboxylic acids is 1. The summed E-state index contributed by atoms with van der Waals surface area (Å²) in [6.07, 6.45) is 1.28. The molecule has 1 fully saturated rings. The summed E-state index contributed by atoms with van der Waals surface area (Å²) in [6, 6.07) is 9.53. The van der Waals surface area contributed by atoms with E-state index in [4.69, 9.17) is 14.6 Å². The second kappa shape index (κ2) is 5.99. The number of hydrogen-bond acceptors (Lipinski definition) is 6. The van der Waals surface area contributed by atoms with Gasteiger partial charge in [-0.25, -0.2) is 0 Å². The minimum absolute atomic E-state index is 0.246. The van der Waals surface area contributed by atoms with Crippen molar-refractivity contribution in [3.05, 3.63) is 30.3 Å². The van der Waals surface area contributed by atoms with Crippen LogP contribution in [-0.2, 0) is 4.79 Å². The Morgan fingerprint density at radius 3 is 2.58 bits per heavy atom. The molecule has 1 saturated heterocycles. The van der Waals surface area contributed by atoms with Crippen LogP contribution in [0.2, 0.25) is 0 Å². The van der Waals surface area contributed by atoms with E-state index >= 15 is 0 Å². The highest BCUT2D eigenvalue weighted by molar-refractivity contribution is 5.70. The number of carbonyl (C=O) groups is 1. The molecule has 0 radical (unpaired) electrons. The monoisotopic (exact) mass is 327 g/mol. The number of fused-ring (bicyclic) bond motifs is 1. The summed E-state index contributed by atoms with van der Waals surface area (Å²) in [5, 5.41) is 17.7. The fourth-order valence-electron chi connectivity index (χ4n) is 3.06. The third-order valence-electron chi connectivity index (χ3n) is 4.49. The maximum atomic E-state index is 11.0. The number of anilines is 1. The number of aliphatic carboxylic acids is 1. The van der Waals surface area contributed by atoms with Gasteiger partial charge in [-0.2, -0.15) is 0 Å². The molecule has 0 amide bonds. The zero-order valence-corrected chi connectivity index (χ0v) is 13.0. The number of hydrogen-bond donors (Lipinski definition) is 1. The lowest BCUT2D eigenvalue weighted by molar-refractivity contribution is -0.142. The normalized spacial score (nSPS) is 17.1. The number of piperidine rings is 1. The number of ether oxygens (including phenoxy) is 2. The Bertz CT molecular complexity index is 755. The Kier molecular flexibility index (Phi) is 3.68. The number of carboxylic acid groups (broad SMARTS) is 1. The topological polar surface area (TPSA) is 84.8 Å². The van der Waals surface area contributed by atoms with Gasteiger partial charge >= 0.3 is 5.97 Å². The van der Waals surface area contributed by atoms with Crippen LogP contribution in [0.15, 0.2) is 30.3 Å². The summed E-state index contributed by atoms with van der Waals surface area (Å²) >= 11 is 0. The van der Waals surface area contributed by atoms with Gasteiger partial charge in [0.2, 0.25) is 6.79 Å². The summed E-state index contributed by atoms with van der Waals surface area (Å²) in [5.74, 6) is 1.28. The fraction of sp³-hybridized carbons (Fsp3) is 0.353. The number of nitrogens with zero attached hydrogens (tertiary/aromatic N) is 3. The van der Waals surface area contributed by atoms with Crippen LogP contribution in [0.3, 0.4) is 0 Å². The molecule has 0 bridgehead atoms. The molecule has 2 aliphatic rings. The molecule has 124 valence electrons. The molecule has 4 rings (SSSR count). The van der Waals surface area contributed by atoms with Crippen LogP contribution in [-0.4, -0.2) is 41.2 Å². The van der Waals surface area contributed by atoms with Gasteiger partial charge in [0.1, 0.15) is 0 Å². The zero-order valence-electron chi connectivity index (χ0n) is 13.0. The minimum atomic E-state index is -0.709. The summed E-state index contributed by atoms with van der Waals surface area (Å²) in [4.78, 5) is 13.1. The average Bonchev–Trinajstić information content (AvgIpc) is 3.09. The van der Waals surface area contributed by atoms with Crippen LogP contribution in [0, 0.1) is 5.92 Å². The first-order chi connectivity index (χ1) is 11.7. The highest BCUT2D eigenvalue weighted by atomic mass is 16.7. The molecule has 24 heavy (non-hydrogen) atoms. The van der Waals surface area contributed by atoms with Crippen molar-refractivity contribution in [2.75, 3.05) is 24.8 Å². The van der Waals surface area contributed by atoms with E-state index in [0.717, 1.165) is 22.8 Å². The molecule has 0 aliphatic carbocycles. The molecule has 0 saturated carbocycles. The highest BCUT2D eigenvalue weighted by Crippen LogP contribution is 2.35. The smallest absolute Gasteiger partial charge is 0.306 e. The second-order valence-electron chi connectivity index (χ2n) is 5.94. The summed E-state index contributed by atoms with van der Waals surface area (Å²) in [7, 11) is 0. The lowest BCUT2D eigenvalue weighted by atomic mass is 9.97. The molecule has 0 atom stereocenters. The maximum absolute atomic E-state index is 11.0. The Morgan fingerprint density at radius 1 is 1.08 bits per heavy atom. The van der Waals surface area contributed by atoms with Gasteiger partial charge in [-0.05, 0) is 43.2 Å². The van der Waals surface area contributed by atoms with E-state index in [-0.39, 0.29) is 12.7 Å². The highest BCUT2D eigenvalue weighted by Gasteiger charge is 2.25. The quantitative estimate of drug-likeness (QED) is 0.924. The molecular weight excluding hydrogens is 310 g/mol. The largest absolute Gasteiger partial charge is 0.481 e. The van der Waals surface area contributed by atoms with Crippen molar-refractivity contribution in [1.29, 1.82) is 0 Å². The van der Waals surface area contributed by atoms with Gasteiger partial charge in [0.15, 0.2) is 17.3 Å². The molecule has 1 aromatic carbocycles. The van der Waals surface area contributed by atoms with Gasteiger partial charge in [-0.3, -0.25) is 4.79 Å². The fourth-order valence-corrected chi connectivity index (χ4v) is 3.06. The number of aromatic nitrogens is 2. The first kappa shape index (κ1) is 14.7. The van der Waals surface area contributed by atoms with Crippen molar-refractivity contribution in [3.8, 4) is 22.8 Å². The molecule has 0 spiro atoms. The van der Waals surface area contributed by atoms with Crippen molar-refractivity contribution >= 4 is 11.8 Å². The van der Waals surface area contributed by atoms with Crippen LogP contribution in [0.1, 0.15) is 12.8 Å². The summed E-state index contributed by atoms with van der Waals surface area (Å²) < 4.78 is 10.7. The van der Waals surface area contributed by atoms with Crippen LogP contribution >= 0.6 is 0 Å². The van der Waals surface area contributed by atoms with E-state index in [0.29, 0.717) is 31.7 Å². The van der Waals surface area contributed by atoms with Gasteiger partial charge in [-0.15, -0.1) is 10.2 Å². The summed E-state index contributed by atoms with van der Waals surface area (Å²) in [5.41, 5.74) is 1.68. The predicted octanol–water partition coefficient (Wildman–Crippen LogP) is 2.17. The van der Waals surface area contributed by atoms with Crippen LogP contribution in [0.5, 0.6) is 11.5 Å². The van der Waals surface area contributed by atoms with Crippen molar-refractivity contribution in [2.24, 2.45) is 5.92 Å². The maximum Gasteiger partial charge on any atom is 0.306 e. The Labute approximate surface area is 138 Å². The van der Waals surface area contributed by atoms with Gasteiger partial charge in [0.05, 0.1) is 11.6 Å². The van der Waals surface area contributed by atoms with Crippen molar-refractivity contribution in [2.45, 2.75) is 12.8 Å². The molecular formula is C17H17N3O4. The second-order valence-corrected chi connectivity index (χ2v) is 5.94. The lowest BCUT2D eigenvalue weighted by Gasteiger charge is -2.30. The molecule has 2 aromatic rings. The Morgan fingerprint density at radius 2 is 1.88 bits per heavy atom. The zero-order chi connectivity index (χ0) is 16.5. The lowest BCUT2D eigenvalue weighted by Crippen LogP contribution is -2.36. The first-order valence-corrected chi connectivity index (χ1v) is 7.92. The van der Waals surface area contributed by atoms with Gasteiger partial charge in [0.25, 0.3) is 0 Å². The number of rotatable bonds is 3. The van der Waals surface area contributed by atoms with Crippen LogP contribution in [0.25, 0.3) is 11.3 Å². The molecule has 3 heterocycles. The van der Waals surface area contributed by atoms with Gasteiger partial charge in [0, 0.05) is 18.7 Å². The SMILES string of the molecule is O=C(O)C1CCN(c2ccc(-c3ccc4c(c3)OCO4)nn2)CC1. The molecule has 1 N–H and O–H groups in total. The van der Waals surface area contributed by atoms with Gasteiger partial charge < -0.3 is 19.5 Å².